The predicted octanol–water partition coefficient (Wildman–Crippen LogP) is -2.92. The van der Waals surface area contributed by atoms with Crippen molar-refractivity contribution >= 4 is 81.6 Å². The number of nitrogens with two attached hydrogens (primary N) is 2. The second kappa shape index (κ2) is 27.6. The molecule has 0 bridgehead atoms. The fourth-order valence-corrected chi connectivity index (χ4v) is 12.0. The Hall–Kier alpha value is -4.04. The molecule has 8 heterocycles. The molecule has 2 unspecified atom stereocenters. The number of nitrogens with one attached hydrogen (secondary N) is 2. The number of anilines is 2. The Morgan fingerprint density at radius 1 is 0.550 bits per heavy atom. The van der Waals surface area contributed by atoms with E-state index in [4.69, 9.17) is 76.8 Å². The van der Waals surface area contributed by atoms with E-state index in [0.717, 1.165) is 50.4 Å². The van der Waals surface area contributed by atoms with Crippen LogP contribution in [0.3, 0.4) is 0 Å². The lowest BCUT2D eigenvalue weighted by Gasteiger charge is -2.31. The smallest absolute Gasteiger partial charge is 0.351 e. The van der Waals surface area contributed by atoms with Crippen molar-refractivity contribution in [3.63, 3.8) is 0 Å². The van der Waals surface area contributed by atoms with E-state index in [2.05, 4.69) is 15.0 Å². The Labute approximate surface area is 479 Å². The number of halogens is 6. The Morgan fingerprint density at radius 3 is 1.12 bits per heavy atom. The number of nitrogens with zero attached hydrogens (tertiary/aromatic N) is 6. The molecular weight excluding hydrogens is 1200 g/mol. The topological polar surface area (TPSA) is 430 Å². The van der Waals surface area contributed by atoms with E-state index in [0.29, 0.717) is 11.5 Å². The monoisotopic (exact) mass is 1260 g/mol. The first-order valence-electron chi connectivity index (χ1n) is 23.6. The molecule has 0 radical (unpaired) electrons. The van der Waals surface area contributed by atoms with Crippen molar-refractivity contribution in [2.75, 3.05) is 61.9 Å². The molecule has 0 spiro atoms. The van der Waals surface area contributed by atoms with Crippen molar-refractivity contribution in [3.8, 4) is 0 Å². The summed E-state index contributed by atoms with van der Waals surface area (Å²) < 4.78 is 53.6. The highest BCUT2D eigenvalue weighted by molar-refractivity contribution is 7.98. The van der Waals surface area contributed by atoms with Crippen LogP contribution in [0.15, 0.2) is 77.8 Å². The van der Waals surface area contributed by atoms with Crippen molar-refractivity contribution in [1.29, 1.82) is 0 Å². The maximum absolute atomic E-state index is 13.7. The van der Waals surface area contributed by atoms with Crippen LogP contribution in [0, 0.1) is 0 Å². The number of alkyl halides is 6. The molecule has 0 saturated carbocycles. The third-order valence-electron chi connectivity index (χ3n) is 13.4. The van der Waals surface area contributed by atoms with Gasteiger partial charge in [-0.3, -0.25) is 37.8 Å². The maximum Gasteiger partial charge on any atom is 0.351 e. The molecule has 80 heavy (non-hydrogen) atoms. The van der Waals surface area contributed by atoms with Gasteiger partial charge in [-0.1, -0.05) is 0 Å². The van der Waals surface area contributed by atoms with E-state index in [-0.39, 0.29) is 11.6 Å². The molecule has 4 aliphatic rings. The molecule has 28 nitrogen and oxygen atoms in total. The lowest BCUT2D eigenvalue weighted by molar-refractivity contribution is -0.161. The van der Waals surface area contributed by atoms with E-state index >= 15 is 0 Å². The SMILES string of the molecule is CC(F)[C@]1(CO)O[C@@H](n2ccc(=O)[nH]c2=O)[C@H](Cl)[C@@H]1O.CC(F)[C@]1(CO)O[C@@H](n2ccc(N)nc2=O)[C@H](Cl)[C@@H]1O.CSC[C@]1(CO)O[C@@H](n2ccc(=O)[nH]c2=O)[C@H](Cl)[C@@H]1O.CSC[C@]1(CO)O[C@@H](n2ccc(N)nc2=O)[C@H](Cl)[C@@H]1O. The fourth-order valence-electron chi connectivity index (χ4n) is 8.80. The number of rotatable bonds is 14. The van der Waals surface area contributed by atoms with Crippen LogP contribution in [0.1, 0.15) is 38.8 Å². The van der Waals surface area contributed by atoms with Gasteiger partial charge in [-0.2, -0.15) is 33.5 Å². The van der Waals surface area contributed by atoms with Crippen molar-refractivity contribution < 1.29 is 68.6 Å². The zero-order valence-electron chi connectivity index (χ0n) is 42.5. The van der Waals surface area contributed by atoms with E-state index < -0.39 is 166 Å². The largest absolute Gasteiger partial charge is 0.393 e. The molecule has 4 fully saturated rings. The summed E-state index contributed by atoms with van der Waals surface area (Å²) >= 11 is 27.1. The van der Waals surface area contributed by atoms with Crippen LogP contribution in [0.2, 0.25) is 0 Å². The van der Waals surface area contributed by atoms with Gasteiger partial charge in [0.05, 0.1) is 26.4 Å². The van der Waals surface area contributed by atoms with E-state index in [1.807, 2.05) is 11.2 Å². The van der Waals surface area contributed by atoms with Gasteiger partial charge < -0.3 is 71.3 Å². The molecule has 36 heteroatoms. The molecule has 0 aromatic carbocycles. The molecule has 4 aromatic heterocycles. The summed E-state index contributed by atoms with van der Waals surface area (Å²) in [5.41, 5.74) is 0.587. The average molecular weight is 1260 g/mol. The number of nitrogen functional groups attached to an aromatic ring is 2. The van der Waals surface area contributed by atoms with Gasteiger partial charge in [-0.15, -0.1) is 46.4 Å². The lowest BCUT2D eigenvalue weighted by atomic mass is 9.93. The second-order valence-corrected chi connectivity index (χ2v) is 22.2. The van der Waals surface area contributed by atoms with Crippen molar-refractivity contribution in [1.82, 2.24) is 38.2 Å². The number of thioether (sulfide) groups is 2. The molecule has 4 aliphatic heterocycles. The van der Waals surface area contributed by atoms with Gasteiger partial charge in [0, 0.05) is 48.4 Å². The third kappa shape index (κ3) is 13.3. The van der Waals surface area contributed by atoms with Crippen molar-refractivity contribution in [3.05, 3.63) is 112 Å². The molecule has 4 aromatic rings. The number of hydrogen-bond acceptors (Lipinski definition) is 24. The van der Waals surface area contributed by atoms with Crippen molar-refractivity contribution in [2.45, 2.75) is 119 Å². The maximum atomic E-state index is 13.7. The van der Waals surface area contributed by atoms with Gasteiger partial charge in [-0.25, -0.2) is 28.0 Å². The molecule has 448 valence electrons. The minimum atomic E-state index is -1.91. The quantitative estimate of drug-likeness (QED) is 0.0563. The first-order valence-corrected chi connectivity index (χ1v) is 28.1. The summed E-state index contributed by atoms with van der Waals surface area (Å²) in [6, 6.07) is 5.01. The number of aliphatic hydroxyl groups is 8. The molecule has 0 aliphatic carbocycles. The summed E-state index contributed by atoms with van der Waals surface area (Å²) in [5, 5.41) is 74.1. The number of aromatic nitrogens is 8. The Kier molecular flexibility index (Phi) is 23.0. The molecule has 8 rings (SSSR count). The van der Waals surface area contributed by atoms with Gasteiger partial charge in [0.15, 0.2) is 36.1 Å². The van der Waals surface area contributed by atoms with Crippen LogP contribution < -0.4 is 45.3 Å². The van der Waals surface area contributed by atoms with Crippen LogP contribution in [-0.4, -0.2) is 210 Å². The molecular formula is C44H60Cl4F2N10O18S2. The lowest BCUT2D eigenvalue weighted by Crippen LogP contribution is -2.51. The summed E-state index contributed by atoms with van der Waals surface area (Å²) in [4.78, 5) is 80.2. The van der Waals surface area contributed by atoms with Gasteiger partial charge in [-0.05, 0) is 38.5 Å². The van der Waals surface area contributed by atoms with E-state index in [1.165, 1.54) is 54.2 Å². The first-order chi connectivity index (χ1) is 37.6. The van der Waals surface area contributed by atoms with E-state index in [1.54, 1.807) is 6.26 Å². The fraction of sp³-hybridized carbons (Fsp3) is 0.636. The number of ether oxygens (including phenoxy) is 4. The summed E-state index contributed by atoms with van der Waals surface area (Å²) in [6.07, 6.45) is -4.18. The minimum Gasteiger partial charge on any atom is -0.393 e. The van der Waals surface area contributed by atoms with Crippen LogP contribution in [0.4, 0.5) is 20.4 Å². The Balaban J connectivity index is 0.000000196. The number of aromatic amines is 2. The average Bonchev–Trinajstić information content (AvgIpc) is 4.07. The zero-order valence-corrected chi connectivity index (χ0v) is 47.2. The molecule has 18 atom stereocenters. The van der Waals surface area contributed by atoms with Crippen LogP contribution >= 0.6 is 69.9 Å². The summed E-state index contributed by atoms with van der Waals surface area (Å²) in [6.45, 7) is -0.151. The van der Waals surface area contributed by atoms with Gasteiger partial charge in [0.2, 0.25) is 0 Å². The highest BCUT2D eigenvalue weighted by Crippen LogP contribution is 2.45. The van der Waals surface area contributed by atoms with Gasteiger partial charge in [0.1, 0.15) is 81.1 Å². The molecule has 0 amide bonds. The van der Waals surface area contributed by atoms with E-state index in [9.17, 15) is 78.4 Å². The zero-order chi connectivity index (χ0) is 60.0. The van der Waals surface area contributed by atoms with Gasteiger partial charge >= 0.3 is 22.8 Å². The third-order valence-corrected chi connectivity index (χ3v) is 16.8. The standard InChI is InChI=1S/C11H15ClFN3O4.C11H14ClFN2O5.C11H16ClN3O4S.C11H15ClN2O5S/c1-5(13)11(4-17)8(18)7(12)9(20-11)16-3-2-6(14)15-10(16)19;1-5(13)11(4-16)8(18)7(12)9(20-11)15-3-2-6(17)14-10(15)19;1-20-5-11(4-16)8(17)7(12)9(19-11)15-3-2-6(13)14-10(15)18;1-20-5-11(4-15)8(17)7(12)9(19-11)14-3-2-6(16)13-10(14)18/h2-3,5,7-9,17-18H,4H2,1H3,(H2,14,15,19);2-3,5,7-9,16,18H,4H2,1H3,(H,14,17,19);2-3,7-9,16-17H,4-5H2,1H3,(H2,13,14,18);2-3,7-9,15,17H,4-5H2,1H3,(H,13,16,18)/t2*5?,7-,8+,9-,11+;2*7-,8+,9-,11+/m1111/s1. The normalized spacial score (nSPS) is 34.3. The molecule has 14 N–H and O–H groups in total. The van der Waals surface area contributed by atoms with Crippen LogP contribution in [-0.2, 0) is 18.9 Å². The summed E-state index contributed by atoms with van der Waals surface area (Å²) in [7, 11) is 0. The van der Waals surface area contributed by atoms with Crippen LogP contribution in [0.5, 0.6) is 0 Å². The van der Waals surface area contributed by atoms with Crippen LogP contribution in [0.25, 0.3) is 0 Å². The first kappa shape index (κ1) is 66.8. The highest BCUT2D eigenvalue weighted by atomic mass is 35.5. The Morgan fingerprint density at radius 2 is 0.850 bits per heavy atom. The molecule has 4 saturated heterocycles. The minimum absolute atomic E-state index is 0.0169. The van der Waals surface area contributed by atoms with Gasteiger partial charge in [0.25, 0.3) is 11.1 Å². The predicted molar refractivity (Wildman–Crippen MR) is 289 cm³/mol. The highest BCUT2D eigenvalue weighted by Gasteiger charge is 2.60. The van der Waals surface area contributed by atoms with Crippen molar-refractivity contribution in [2.24, 2.45) is 0 Å². The second-order valence-electron chi connectivity index (χ2n) is 18.5. The number of H-pyrrole nitrogens is 2. The number of hydrogen-bond donors (Lipinski definition) is 12. The number of aliphatic hydroxyl groups excluding tert-OH is 8. The Bertz CT molecular complexity index is 3100. The summed E-state index contributed by atoms with van der Waals surface area (Å²) in [5.74, 6) is 0.779.